The number of halogens is 2. The second kappa shape index (κ2) is 9.19. The summed E-state index contributed by atoms with van der Waals surface area (Å²) in [5.41, 5.74) is 2.62. The molecule has 0 unspecified atom stereocenters. The molecule has 0 aliphatic carbocycles. The number of carbonyl (C=O) groups is 1. The predicted octanol–water partition coefficient (Wildman–Crippen LogP) is 4.60. The van der Waals surface area contributed by atoms with E-state index in [0.717, 1.165) is 11.3 Å². The Kier molecular flexibility index (Phi) is 6.45. The first kappa shape index (κ1) is 19.6. The number of para-hydroxylation sites is 1. The molecule has 5 nitrogen and oxygen atoms in total. The van der Waals surface area contributed by atoms with Crippen molar-refractivity contribution in [3.8, 4) is 5.75 Å². The number of methoxy groups -OCH3 is 1. The van der Waals surface area contributed by atoms with E-state index < -0.39 is 5.82 Å². The van der Waals surface area contributed by atoms with Gasteiger partial charge in [0.2, 0.25) is 0 Å². The average molecular weight is 400 g/mol. The van der Waals surface area contributed by atoms with Gasteiger partial charge in [-0.2, -0.15) is 0 Å². The summed E-state index contributed by atoms with van der Waals surface area (Å²) in [5, 5.41) is 5.93. The molecule has 0 aliphatic heterocycles. The summed E-state index contributed by atoms with van der Waals surface area (Å²) in [6.45, 7) is 0.467. The summed E-state index contributed by atoms with van der Waals surface area (Å²) >= 11 is 5.77. The summed E-state index contributed by atoms with van der Waals surface area (Å²) in [4.78, 5) is 16.4. The van der Waals surface area contributed by atoms with Gasteiger partial charge in [-0.05, 0) is 48.4 Å². The molecule has 0 saturated heterocycles. The number of nitrogens with zero attached hydrogens (tertiary/aromatic N) is 1. The van der Waals surface area contributed by atoms with Crippen molar-refractivity contribution in [1.29, 1.82) is 0 Å². The van der Waals surface area contributed by atoms with Crippen LogP contribution in [0.2, 0.25) is 5.02 Å². The molecular formula is C21H19ClFN3O2. The quantitative estimate of drug-likeness (QED) is 0.609. The third kappa shape index (κ3) is 4.98. The van der Waals surface area contributed by atoms with E-state index in [4.69, 9.17) is 16.3 Å². The number of rotatable bonds is 7. The van der Waals surface area contributed by atoms with Gasteiger partial charge in [0, 0.05) is 12.2 Å². The van der Waals surface area contributed by atoms with Crippen LogP contribution in [-0.2, 0) is 6.42 Å². The molecular weight excluding hydrogens is 381 g/mol. The normalized spacial score (nSPS) is 10.4. The first-order chi connectivity index (χ1) is 13.6. The Bertz CT molecular complexity index is 964. The summed E-state index contributed by atoms with van der Waals surface area (Å²) in [7, 11) is 1.62. The van der Waals surface area contributed by atoms with Crippen LogP contribution in [0.15, 0.2) is 60.8 Å². The molecule has 3 aromatic rings. The second-order valence-electron chi connectivity index (χ2n) is 6.00. The number of carbonyl (C=O) groups excluding carboxylic acids is 1. The fourth-order valence-electron chi connectivity index (χ4n) is 2.65. The van der Waals surface area contributed by atoms with Gasteiger partial charge in [0.1, 0.15) is 17.3 Å². The van der Waals surface area contributed by atoms with Crippen LogP contribution in [0.25, 0.3) is 0 Å². The fourth-order valence-corrected chi connectivity index (χ4v) is 2.83. The number of hydrogen-bond acceptors (Lipinski definition) is 4. The maximum Gasteiger partial charge on any atom is 0.269 e. The highest BCUT2D eigenvalue weighted by Gasteiger charge is 2.08. The van der Waals surface area contributed by atoms with Crippen molar-refractivity contribution >= 4 is 28.9 Å². The molecule has 28 heavy (non-hydrogen) atoms. The zero-order valence-corrected chi connectivity index (χ0v) is 16.0. The maximum atomic E-state index is 13.2. The molecule has 0 radical (unpaired) electrons. The molecule has 0 aliphatic rings. The summed E-state index contributed by atoms with van der Waals surface area (Å²) in [5.74, 6) is 0.0583. The SMILES string of the molecule is COc1ccccc1CCNC(=O)c1ccc(Nc2ccc(F)c(Cl)c2)cn1. The molecule has 7 heteroatoms. The van der Waals surface area contributed by atoms with Crippen LogP contribution >= 0.6 is 11.6 Å². The van der Waals surface area contributed by atoms with E-state index in [1.807, 2.05) is 24.3 Å². The van der Waals surface area contributed by atoms with Gasteiger partial charge in [0.15, 0.2) is 0 Å². The Morgan fingerprint density at radius 2 is 1.93 bits per heavy atom. The number of aromatic nitrogens is 1. The van der Waals surface area contributed by atoms with E-state index in [1.54, 1.807) is 25.3 Å². The topological polar surface area (TPSA) is 63.2 Å². The average Bonchev–Trinajstić information content (AvgIpc) is 2.71. The van der Waals surface area contributed by atoms with Gasteiger partial charge in [0.25, 0.3) is 5.91 Å². The zero-order valence-electron chi connectivity index (χ0n) is 15.2. The first-order valence-corrected chi connectivity index (χ1v) is 9.03. The maximum absolute atomic E-state index is 13.2. The van der Waals surface area contributed by atoms with Crippen molar-refractivity contribution in [3.63, 3.8) is 0 Å². The Morgan fingerprint density at radius 1 is 1.14 bits per heavy atom. The van der Waals surface area contributed by atoms with Crippen LogP contribution in [-0.4, -0.2) is 24.5 Å². The predicted molar refractivity (Wildman–Crippen MR) is 108 cm³/mol. The molecule has 2 N–H and O–H groups in total. The van der Waals surface area contributed by atoms with Gasteiger partial charge in [-0.1, -0.05) is 29.8 Å². The van der Waals surface area contributed by atoms with Gasteiger partial charge in [-0.3, -0.25) is 4.79 Å². The Hall–Kier alpha value is -3.12. The van der Waals surface area contributed by atoms with Crippen molar-refractivity contribution in [3.05, 3.63) is 82.9 Å². The lowest BCUT2D eigenvalue weighted by Crippen LogP contribution is -2.26. The standard InChI is InChI=1S/C21H19ClFN3O2/c1-28-20-5-3-2-4-14(20)10-11-24-21(27)19-9-7-16(13-25-19)26-15-6-8-18(23)17(22)12-15/h2-9,12-13,26H,10-11H2,1H3,(H,24,27). The van der Waals surface area contributed by atoms with Gasteiger partial charge in [0.05, 0.1) is 24.0 Å². The van der Waals surface area contributed by atoms with Gasteiger partial charge < -0.3 is 15.4 Å². The molecule has 0 bridgehead atoms. The summed E-state index contributed by atoms with van der Waals surface area (Å²) in [6.07, 6.45) is 2.19. The van der Waals surface area contributed by atoms with Crippen molar-refractivity contribution in [2.24, 2.45) is 0 Å². The van der Waals surface area contributed by atoms with Crippen LogP contribution in [0.4, 0.5) is 15.8 Å². The van der Waals surface area contributed by atoms with Gasteiger partial charge in [-0.15, -0.1) is 0 Å². The number of anilines is 2. The smallest absolute Gasteiger partial charge is 0.269 e. The Balaban J connectivity index is 1.55. The van der Waals surface area contributed by atoms with E-state index in [9.17, 15) is 9.18 Å². The Morgan fingerprint density at radius 3 is 2.64 bits per heavy atom. The van der Waals surface area contributed by atoms with Crippen LogP contribution in [0.5, 0.6) is 5.75 Å². The number of ether oxygens (including phenoxy) is 1. The number of nitrogens with one attached hydrogen (secondary N) is 2. The lowest BCUT2D eigenvalue weighted by molar-refractivity contribution is 0.0949. The largest absolute Gasteiger partial charge is 0.496 e. The highest BCUT2D eigenvalue weighted by molar-refractivity contribution is 6.31. The lowest BCUT2D eigenvalue weighted by atomic mass is 10.1. The van der Waals surface area contributed by atoms with E-state index >= 15 is 0 Å². The van der Waals surface area contributed by atoms with E-state index in [-0.39, 0.29) is 10.9 Å². The molecule has 1 aromatic heterocycles. The summed E-state index contributed by atoms with van der Waals surface area (Å²) < 4.78 is 18.5. The third-order valence-corrected chi connectivity index (χ3v) is 4.37. The first-order valence-electron chi connectivity index (χ1n) is 8.65. The molecule has 1 heterocycles. The van der Waals surface area contributed by atoms with Crippen molar-refractivity contribution in [2.75, 3.05) is 19.0 Å². The van der Waals surface area contributed by atoms with Crippen molar-refractivity contribution in [1.82, 2.24) is 10.3 Å². The minimum atomic E-state index is -0.481. The monoisotopic (exact) mass is 399 g/mol. The minimum absolute atomic E-state index is 0.0315. The van der Waals surface area contributed by atoms with E-state index in [1.165, 1.54) is 18.3 Å². The second-order valence-corrected chi connectivity index (χ2v) is 6.41. The molecule has 2 aromatic carbocycles. The molecule has 0 atom stereocenters. The van der Waals surface area contributed by atoms with Crippen molar-refractivity contribution in [2.45, 2.75) is 6.42 Å². The highest BCUT2D eigenvalue weighted by Crippen LogP contribution is 2.22. The van der Waals surface area contributed by atoms with Crippen molar-refractivity contribution < 1.29 is 13.9 Å². The number of pyridine rings is 1. The van der Waals surface area contributed by atoms with E-state index in [0.29, 0.717) is 30.0 Å². The molecule has 0 spiro atoms. The molecule has 1 amide bonds. The molecule has 0 fully saturated rings. The molecule has 3 rings (SSSR count). The number of benzene rings is 2. The number of amides is 1. The third-order valence-electron chi connectivity index (χ3n) is 4.08. The van der Waals surface area contributed by atoms with Gasteiger partial charge in [-0.25, -0.2) is 9.37 Å². The van der Waals surface area contributed by atoms with Crippen LogP contribution < -0.4 is 15.4 Å². The fraction of sp³-hybridized carbons (Fsp3) is 0.143. The zero-order chi connectivity index (χ0) is 19.9. The van der Waals surface area contributed by atoms with Crippen LogP contribution in [0.3, 0.4) is 0 Å². The minimum Gasteiger partial charge on any atom is -0.496 e. The Labute approximate surface area is 167 Å². The number of hydrogen-bond donors (Lipinski definition) is 2. The van der Waals surface area contributed by atoms with Crippen LogP contribution in [0.1, 0.15) is 16.1 Å². The van der Waals surface area contributed by atoms with E-state index in [2.05, 4.69) is 15.6 Å². The highest BCUT2D eigenvalue weighted by atomic mass is 35.5. The van der Waals surface area contributed by atoms with Crippen LogP contribution in [0, 0.1) is 5.82 Å². The lowest BCUT2D eigenvalue weighted by Gasteiger charge is -2.10. The van der Waals surface area contributed by atoms with Gasteiger partial charge >= 0.3 is 0 Å². The summed E-state index contributed by atoms with van der Waals surface area (Å²) in [6, 6.07) is 15.4. The molecule has 144 valence electrons. The molecule has 0 saturated carbocycles.